The fourth-order valence-electron chi connectivity index (χ4n) is 2.30. The molecule has 0 bridgehead atoms. The number of aryl methyl sites for hydroxylation is 2. The molecule has 0 aliphatic heterocycles. The Morgan fingerprint density at radius 2 is 1.47 bits per heavy atom. The van der Waals surface area contributed by atoms with E-state index < -0.39 is 0 Å². The van der Waals surface area contributed by atoms with Crippen molar-refractivity contribution in [1.82, 2.24) is 0 Å². The van der Waals surface area contributed by atoms with Crippen molar-refractivity contribution in [3.05, 3.63) is 65.2 Å². The van der Waals surface area contributed by atoms with Gasteiger partial charge in [-0.25, -0.2) is 0 Å². The molecule has 0 spiro atoms. The third kappa shape index (κ3) is 3.22. The van der Waals surface area contributed by atoms with E-state index in [1.807, 2.05) is 24.3 Å². The van der Waals surface area contributed by atoms with Crippen LogP contribution in [0.25, 0.3) is 0 Å². The Labute approximate surface area is 114 Å². The molecule has 0 unspecified atom stereocenters. The molecule has 2 aromatic rings. The van der Waals surface area contributed by atoms with Gasteiger partial charge in [-0.3, -0.25) is 4.79 Å². The van der Waals surface area contributed by atoms with E-state index in [2.05, 4.69) is 43.3 Å². The lowest BCUT2D eigenvalue weighted by molar-refractivity contribution is 0.112. The Bertz CT molecular complexity index is 561. The van der Waals surface area contributed by atoms with Crippen molar-refractivity contribution in [3.63, 3.8) is 0 Å². The van der Waals surface area contributed by atoms with Gasteiger partial charge in [0.2, 0.25) is 0 Å². The molecule has 0 saturated heterocycles. The molecule has 2 aromatic carbocycles. The van der Waals surface area contributed by atoms with Gasteiger partial charge in [-0.2, -0.15) is 0 Å². The number of rotatable bonds is 5. The molecule has 0 amide bonds. The standard InChI is InChI=1S/C17H19NO/c1-18(2)17-10-6-5-8-15(17)12-11-14-7-3-4-9-16(14)13-19/h3-10,13H,11-12H2,1-2H3. The highest BCUT2D eigenvalue weighted by Crippen LogP contribution is 2.20. The normalized spacial score (nSPS) is 10.2. The van der Waals surface area contributed by atoms with Crippen LogP contribution >= 0.6 is 0 Å². The molecule has 0 aliphatic rings. The minimum Gasteiger partial charge on any atom is -0.377 e. The SMILES string of the molecule is CN(C)c1ccccc1CCc1ccccc1C=O. The first-order valence-electron chi connectivity index (χ1n) is 6.50. The van der Waals surface area contributed by atoms with Gasteiger partial charge in [0.15, 0.2) is 0 Å². The molecule has 0 N–H and O–H groups in total. The molecule has 2 nitrogen and oxygen atoms in total. The van der Waals surface area contributed by atoms with E-state index in [1.54, 1.807) is 0 Å². The van der Waals surface area contributed by atoms with Crippen molar-refractivity contribution < 1.29 is 4.79 Å². The lowest BCUT2D eigenvalue weighted by Crippen LogP contribution is -2.11. The van der Waals surface area contributed by atoms with Crippen LogP contribution < -0.4 is 4.90 Å². The highest BCUT2D eigenvalue weighted by Gasteiger charge is 2.05. The Morgan fingerprint density at radius 3 is 2.16 bits per heavy atom. The molecular weight excluding hydrogens is 234 g/mol. The largest absolute Gasteiger partial charge is 0.377 e. The van der Waals surface area contributed by atoms with E-state index in [0.717, 1.165) is 30.3 Å². The Morgan fingerprint density at radius 1 is 0.895 bits per heavy atom. The second-order valence-electron chi connectivity index (χ2n) is 4.84. The zero-order valence-corrected chi connectivity index (χ0v) is 11.5. The molecule has 2 heteroatoms. The van der Waals surface area contributed by atoms with Gasteiger partial charge in [-0.05, 0) is 30.0 Å². The first-order chi connectivity index (χ1) is 9.22. The summed E-state index contributed by atoms with van der Waals surface area (Å²) in [6.45, 7) is 0. The number of carbonyl (C=O) groups excluding carboxylic acids is 1. The molecule has 0 fully saturated rings. The van der Waals surface area contributed by atoms with Gasteiger partial charge in [0, 0.05) is 25.3 Å². The summed E-state index contributed by atoms with van der Waals surface area (Å²) in [7, 11) is 4.11. The summed E-state index contributed by atoms with van der Waals surface area (Å²) in [5, 5.41) is 0. The fraction of sp³-hybridized carbons (Fsp3) is 0.235. The Balaban J connectivity index is 2.17. The molecule has 0 aromatic heterocycles. The van der Waals surface area contributed by atoms with Crippen LogP contribution in [0.1, 0.15) is 21.5 Å². The number of hydrogen-bond acceptors (Lipinski definition) is 2. The summed E-state index contributed by atoms with van der Waals surface area (Å²) in [5.41, 5.74) is 4.47. The predicted octanol–water partition coefficient (Wildman–Crippen LogP) is 3.35. The summed E-state index contributed by atoms with van der Waals surface area (Å²) >= 11 is 0. The van der Waals surface area contributed by atoms with Crippen molar-refractivity contribution in [2.24, 2.45) is 0 Å². The summed E-state index contributed by atoms with van der Waals surface area (Å²) in [6.07, 6.45) is 2.77. The first-order valence-corrected chi connectivity index (χ1v) is 6.50. The third-order valence-corrected chi connectivity index (χ3v) is 3.32. The van der Waals surface area contributed by atoms with Gasteiger partial charge < -0.3 is 4.90 Å². The molecule has 0 heterocycles. The molecule has 0 saturated carbocycles. The number of anilines is 1. The maximum atomic E-state index is 11.0. The zero-order valence-electron chi connectivity index (χ0n) is 11.5. The van der Waals surface area contributed by atoms with E-state index in [4.69, 9.17) is 0 Å². The minimum atomic E-state index is 0.796. The van der Waals surface area contributed by atoms with E-state index in [-0.39, 0.29) is 0 Å². The van der Waals surface area contributed by atoms with Crippen molar-refractivity contribution in [2.45, 2.75) is 12.8 Å². The van der Waals surface area contributed by atoms with Gasteiger partial charge in [-0.15, -0.1) is 0 Å². The number of para-hydroxylation sites is 1. The molecular formula is C17H19NO. The van der Waals surface area contributed by atoms with Crippen LogP contribution in [0.2, 0.25) is 0 Å². The van der Waals surface area contributed by atoms with E-state index in [9.17, 15) is 4.79 Å². The van der Waals surface area contributed by atoms with Gasteiger partial charge in [0.1, 0.15) is 6.29 Å². The highest BCUT2D eigenvalue weighted by atomic mass is 16.1. The maximum absolute atomic E-state index is 11.0. The molecule has 98 valence electrons. The quantitative estimate of drug-likeness (QED) is 0.762. The Kier molecular flexibility index (Phi) is 4.35. The van der Waals surface area contributed by atoms with Crippen LogP contribution in [0.3, 0.4) is 0 Å². The van der Waals surface area contributed by atoms with E-state index in [0.29, 0.717) is 0 Å². The minimum absolute atomic E-state index is 0.796. The molecule has 19 heavy (non-hydrogen) atoms. The van der Waals surface area contributed by atoms with Crippen LogP contribution in [0.4, 0.5) is 5.69 Å². The number of hydrogen-bond donors (Lipinski definition) is 0. The fourth-order valence-corrected chi connectivity index (χ4v) is 2.30. The molecule has 0 atom stereocenters. The average molecular weight is 253 g/mol. The van der Waals surface area contributed by atoms with Crippen LogP contribution in [0.15, 0.2) is 48.5 Å². The van der Waals surface area contributed by atoms with Gasteiger partial charge in [0.25, 0.3) is 0 Å². The average Bonchev–Trinajstić information content (AvgIpc) is 2.45. The van der Waals surface area contributed by atoms with Gasteiger partial charge in [-0.1, -0.05) is 42.5 Å². The van der Waals surface area contributed by atoms with E-state index >= 15 is 0 Å². The van der Waals surface area contributed by atoms with E-state index in [1.165, 1.54) is 11.3 Å². The number of benzene rings is 2. The van der Waals surface area contributed by atoms with Gasteiger partial charge >= 0.3 is 0 Å². The summed E-state index contributed by atoms with van der Waals surface area (Å²) < 4.78 is 0. The smallest absolute Gasteiger partial charge is 0.150 e. The van der Waals surface area contributed by atoms with Crippen LogP contribution in [0.5, 0.6) is 0 Å². The highest BCUT2D eigenvalue weighted by molar-refractivity contribution is 5.77. The number of nitrogens with zero attached hydrogens (tertiary/aromatic N) is 1. The third-order valence-electron chi connectivity index (χ3n) is 3.32. The number of aldehydes is 1. The van der Waals surface area contributed by atoms with Crippen molar-refractivity contribution >= 4 is 12.0 Å². The summed E-state index contributed by atoms with van der Waals surface area (Å²) in [6, 6.07) is 16.2. The van der Waals surface area contributed by atoms with Crippen LogP contribution in [-0.4, -0.2) is 20.4 Å². The molecule has 2 rings (SSSR count). The first kappa shape index (κ1) is 13.3. The van der Waals surface area contributed by atoms with Crippen molar-refractivity contribution in [1.29, 1.82) is 0 Å². The van der Waals surface area contributed by atoms with Crippen LogP contribution in [-0.2, 0) is 12.8 Å². The van der Waals surface area contributed by atoms with Crippen LogP contribution in [0, 0.1) is 0 Å². The molecule has 0 radical (unpaired) electrons. The predicted molar refractivity (Wildman–Crippen MR) is 80.0 cm³/mol. The zero-order chi connectivity index (χ0) is 13.7. The lowest BCUT2D eigenvalue weighted by atomic mass is 9.99. The monoisotopic (exact) mass is 253 g/mol. The van der Waals surface area contributed by atoms with Crippen molar-refractivity contribution in [3.8, 4) is 0 Å². The lowest BCUT2D eigenvalue weighted by Gasteiger charge is -2.17. The second-order valence-corrected chi connectivity index (χ2v) is 4.84. The van der Waals surface area contributed by atoms with Gasteiger partial charge in [0.05, 0.1) is 0 Å². The number of carbonyl (C=O) groups is 1. The topological polar surface area (TPSA) is 20.3 Å². The Hall–Kier alpha value is -2.09. The summed E-state index contributed by atoms with van der Waals surface area (Å²) in [4.78, 5) is 13.1. The molecule has 0 aliphatic carbocycles. The second kappa shape index (κ2) is 6.19. The van der Waals surface area contributed by atoms with Crippen molar-refractivity contribution in [2.75, 3.05) is 19.0 Å². The summed E-state index contributed by atoms with van der Waals surface area (Å²) in [5.74, 6) is 0. The maximum Gasteiger partial charge on any atom is 0.150 e.